The largest absolute Gasteiger partial charge is 0.462 e. The average Bonchev–Trinajstić information content (AvgIpc) is 3.24. The van der Waals surface area contributed by atoms with Gasteiger partial charge in [0.1, 0.15) is 6.10 Å². The van der Waals surface area contributed by atoms with Gasteiger partial charge in [0.2, 0.25) is 5.91 Å². The van der Waals surface area contributed by atoms with E-state index in [1.807, 2.05) is 0 Å². The van der Waals surface area contributed by atoms with E-state index < -0.39 is 18.2 Å². The summed E-state index contributed by atoms with van der Waals surface area (Å²) < 4.78 is 5.90. The van der Waals surface area contributed by atoms with Crippen LogP contribution in [0.5, 0.6) is 0 Å². The highest BCUT2D eigenvalue weighted by atomic mass is 16.5. The number of amides is 1. The Morgan fingerprint density at radius 1 is 0.483 bits per heavy atom. The SMILES string of the molecule is CCCCC/C=C\C/C=C\C/C=C\C/C=C\CCCC(CC(=O)NC(CO)C(O)CCCCCCCCCCCCCCC)OC(=O)CCCCCCCCCCCCC. The first-order valence-electron chi connectivity index (χ1n) is 25.9. The number of nitrogens with one attached hydrogen (secondary N) is 1. The fraction of sp³-hybridized carbons (Fsp3) is 0.815. The molecule has 0 heterocycles. The first kappa shape index (κ1) is 57.8. The lowest BCUT2D eigenvalue weighted by Gasteiger charge is -2.24. The number of esters is 1. The van der Waals surface area contributed by atoms with Crippen molar-refractivity contribution in [3.8, 4) is 0 Å². The standard InChI is InChI=1S/C54H99NO5/c1-4-7-10-13-16-19-22-24-25-26-27-29-31-33-36-39-42-45-50(60-54(59)47-44-41-38-35-30-21-18-15-12-9-6-3)48-53(58)55-51(49-56)52(57)46-43-40-37-34-32-28-23-20-17-14-11-8-5-2/h16,19,24-25,27,29,33,36,50-52,56-57H,4-15,17-18,20-23,26,28,30-32,34-35,37-49H2,1-3H3,(H,55,58)/b19-16-,25-24-,29-27-,36-33-. The molecule has 6 heteroatoms. The molecule has 0 spiro atoms. The first-order chi connectivity index (χ1) is 29.5. The normalized spacial score (nSPS) is 13.6. The molecule has 0 aromatic heterocycles. The van der Waals surface area contributed by atoms with Crippen LogP contribution >= 0.6 is 0 Å². The highest BCUT2D eigenvalue weighted by molar-refractivity contribution is 5.77. The molecule has 6 nitrogen and oxygen atoms in total. The van der Waals surface area contributed by atoms with Crippen LogP contribution in [0.25, 0.3) is 0 Å². The zero-order chi connectivity index (χ0) is 43.8. The van der Waals surface area contributed by atoms with E-state index in [0.717, 1.165) is 70.6 Å². The zero-order valence-electron chi connectivity index (χ0n) is 39.8. The first-order valence-corrected chi connectivity index (χ1v) is 25.9. The number of carbonyl (C=O) groups is 2. The third-order valence-electron chi connectivity index (χ3n) is 11.7. The third-order valence-corrected chi connectivity index (χ3v) is 11.7. The van der Waals surface area contributed by atoms with Crippen molar-refractivity contribution in [2.75, 3.05) is 6.61 Å². The minimum atomic E-state index is -0.800. The van der Waals surface area contributed by atoms with Crippen molar-refractivity contribution in [3.05, 3.63) is 48.6 Å². The molecular formula is C54H99NO5. The van der Waals surface area contributed by atoms with Crippen molar-refractivity contribution in [3.63, 3.8) is 0 Å². The molecule has 0 rings (SSSR count). The number of hydrogen-bond donors (Lipinski definition) is 3. The second kappa shape index (κ2) is 47.9. The molecule has 3 unspecified atom stereocenters. The summed E-state index contributed by atoms with van der Waals surface area (Å²) in [5.74, 6) is -0.522. The summed E-state index contributed by atoms with van der Waals surface area (Å²) in [5.41, 5.74) is 0. The van der Waals surface area contributed by atoms with Crippen LogP contribution in [0, 0.1) is 0 Å². The van der Waals surface area contributed by atoms with Crippen LogP contribution < -0.4 is 5.32 Å². The van der Waals surface area contributed by atoms with Crippen LogP contribution in [0.15, 0.2) is 48.6 Å². The van der Waals surface area contributed by atoms with Gasteiger partial charge < -0.3 is 20.3 Å². The Labute approximate surface area is 372 Å². The fourth-order valence-corrected chi connectivity index (χ4v) is 7.71. The minimum Gasteiger partial charge on any atom is -0.462 e. The molecule has 3 N–H and O–H groups in total. The van der Waals surface area contributed by atoms with E-state index in [1.54, 1.807) is 0 Å². The molecule has 0 fully saturated rings. The molecule has 0 saturated carbocycles. The Bertz CT molecular complexity index is 1040. The Hall–Kier alpha value is -2.18. The van der Waals surface area contributed by atoms with Crippen LogP contribution in [0.2, 0.25) is 0 Å². The monoisotopic (exact) mass is 842 g/mol. The van der Waals surface area contributed by atoms with E-state index in [1.165, 1.54) is 141 Å². The number of aliphatic hydroxyl groups is 2. The number of aliphatic hydroxyl groups excluding tert-OH is 2. The molecule has 1 amide bonds. The Morgan fingerprint density at radius 2 is 0.867 bits per heavy atom. The van der Waals surface area contributed by atoms with Gasteiger partial charge in [0, 0.05) is 6.42 Å². The molecule has 0 aliphatic rings. The second-order valence-corrected chi connectivity index (χ2v) is 17.6. The van der Waals surface area contributed by atoms with Gasteiger partial charge in [-0.1, -0.05) is 230 Å². The van der Waals surface area contributed by atoms with Crippen LogP contribution in [0.4, 0.5) is 0 Å². The van der Waals surface area contributed by atoms with Crippen molar-refractivity contribution in [1.82, 2.24) is 5.32 Å². The fourth-order valence-electron chi connectivity index (χ4n) is 7.71. The van der Waals surface area contributed by atoms with Gasteiger partial charge in [-0.3, -0.25) is 9.59 Å². The summed E-state index contributed by atoms with van der Waals surface area (Å²) in [6.07, 6.45) is 57.4. The predicted molar refractivity (Wildman–Crippen MR) is 259 cm³/mol. The number of hydrogen-bond acceptors (Lipinski definition) is 5. The summed E-state index contributed by atoms with van der Waals surface area (Å²) in [7, 11) is 0. The van der Waals surface area contributed by atoms with E-state index in [-0.39, 0.29) is 24.9 Å². The van der Waals surface area contributed by atoms with Gasteiger partial charge in [-0.05, 0) is 64.2 Å². The Morgan fingerprint density at radius 3 is 1.32 bits per heavy atom. The van der Waals surface area contributed by atoms with Gasteiger partial charge in [-0.25, -0.2) is 0 Å². The lowest BCUT2D eigenvalue weighted by atomic mass is 10.0. The van der Waals surface area contributed by atoms with E-state index in [2.05, 4.69) is 74.7 Å². The molecule has 0 aliphatic heterocycles. The van der Waals surface area contributed by atoms with Gasteiger partial charge in [-0.15, -0.1) is 0 Å². The highest BCUT2D eigenvalue weighted by Gasteiger charge is 2.24. The van der Waals surface area contributed by atoms with Crippen molar-refractivity contribution >= 4 is 11.9 Å². The lowest BCUT2D eigenvalue weighted by molar-refractivity contribution is -0.151. The topological polar surface area (TPSA) is 95.9 Å². The molecule has 0 bridgehead atoms. The minimum absolute atomic E-state index is 0.0422. The van der Waals surface area contributed by atoms with Crippen LogP contribution in [-0.2, 0) is 14.3 Å². The summed E-state index contributed by atoms with van der Waals surface area (Å²) in [5, 5.41) is 23.7. The predicted octanol–water partition coefficient (Wildman–Crippen LogP) is 15.5. The van der Waals surface area contributed by atoms with Crippen molar-refractivity contribution in [1.29, 1.82) is 0 Å². The Kier molecular flexibility index (Phi) is 46.1. The van der Waals surface area contributed by atoms with E-state index >= 15 is 0 Å². The van der Waals surface area contributed by atoms with Gasteiger partial charge in [0.05, 0.1) is 25.2 Å². The summed E-state index contributed by atoms with van der Waals surface area (Å²) in [6, 6.07) is -0.717. The molecule has 0 aliphatic carbocycles. The molecule has 60 heavy (non-hydrogen) atoms. The summed E-state index contributed by atoms with van der Waals surface area (Å²) >= 11 is 0. The number of carbonyl (C=O) groups excluding carboxylic acids is 2. The average molecular weight is 842 g/mol. The number of unbranched alkanes of at least 4 members (excludes halogenated alkanes) is 26. The molecular weight excluding hydrogens is 743 g/mol. The summed E-state index contributed by atoms with van der Waals surface area (Å²) in [4.78, 5) is 26.1. The highest BCUT2D eigenvalue weighted by Crippen LogP contribution is 2.17. The third kappa shape index (κ3) is 42.5. The molecule has 0 radical (unpaired) electrons. The van der Waals surface area contributed by atoms with Crippen molar-refractivity contribution < 1.29 is 24.5 Å². The molecule has 0 saturated heterocycles. The van der Waals surface area contributed by atoms with Crippen LogP contribution in [0.1, 0.15) is 258 Å². The van der Waals surface area contributed by atoms with E-state index in [0.29, 0.717) is 19.3 Å². The van der Waals surface area contributed by atoms with E-state index in [4.69, 9.17) is 4.74 Å². The molecule has 0 aromatic carbocycles. The van der Waals surface area contributed by atoms with Crippen molar-refractivity contribution in [2.24, 2.45) is 0 Å². The number of rotatable bonds is 46. The second-order valence-electron chi connectivity index (χ2n) is 17.6. The van der Waals surface area contributed by atoms with E-state index in [9.17, 15) is 19.8 Å². The van der Waals surface area contributed by atoms with Gasteiger partial charge in [0.25, 0.3) is 0 Å². The maximum Gasteiger partial charge on any atom is 0.306 e. The molecule has 350 valence electrons. The lowest BCUT2D eigenvalue weighted by Crippen LogP contribution is -2.46. The van der Waals surface area contributed by atoms with Crippen molar-refractivity contribution in [2.45, 2.75) is 277 Å². The van der Waals surface area contributed by atoms with Crippen LogP contribution in [0.3, 0.4) is 0 Å². The number of allylic oxidation sites excluding steroid dienone is 8. The number of ether oxygens (including phenoxy) is 1. The van der Waals surface area contributed by atoms with Gasteiger partial charge in [-0.2, -0.15) is 0 Å². The molecule has 3 atom stereocenters. The molecule has 0 aromatic rings. The zero-order valence-corrected chi connectivity index (χ0v) is 39.8. The van der Waals surface area contributed by atoms with Crippen LogP contribution in [-0.4, -0.2) is 46.9 Å². The van der Waals surface area contributed by atoms with Gasteiger partial charge in [0.15, 0.2) is 0 Å². The summed E-state index contributed by atoms with van der Waals surface area (Å²) in [6.45, 7) is 6.44. The van der Waals surface area contributed by atoms with Gasteiger partial charge >= 0.3 is 5.97 Å². The maximum absolute atomic E-state index is 13.2. The smallest absolute Gasteiger partial charge is 0.306 e. The maximum atomic E-state index is 13.2. The quantitative estimate of drug-likeness (QED) is 0.0322. The Balaban J connectivity index is 4.67.